The summed E-state index contributed by atoms with van der Waals surface area (Å²) in [6.45, 7) is 3.00. The SMILES string of the molecule is [3H]NCCCCC. The fourth-order valence-electron chi connectivity index (χ4n) is 0.375. The second kappa shape index (κ2) is 4.96. The summed E-state index contributed by atoms with van der Waals surface area (Å²) >= 11 is 0. The van der Waals surface area contributed by atoms with Crippen LogP contribution in [0, 0.1) is 0 Å². The van der Waals surface area contributed by atoms with E-state index in [4.69, 9.17) is 1.41 Å². The molecule has 0 amide bonds. The highest BCUT2D eigenvalue weighted by Crippen LogP contribution is 1.88. The number of rotatable bonds is 4. The quantitative estimate of drug-likeness (QED) is 0.513. The predicted octanol–water partition coefficient (Wildman–Crippen LogP) is 1.14. The number of unbranched alkanes of at least 4 members (excludes halogenated alkanes) is 2. The molecule has 0 saturated heterocycles. The highest BCUT2D eigenvalue weighted by Gasteiger charge is 1.75. The molecule has 0 aliphatic rings. The summed E-state index contributed by atoms with van der Waals surface area (Å²) < 4.78 is 6.53. The van der Waals surface area contributed by atoms with Crippen LogP contribution >= 0.6 is 0 Å². The summed E-state index contributed by atoms with van der Waals surface area (Å²) in [5.41, 5.74) is 2.35. The zero-order chi connectivity index (χ0) is 5.54. The molecule has 0 atom stereocenters. The molecule has 0 unspecified atom stereocenters. The monoisotopic (exact) mass is 89.1 g/mol. The van der Waals surface area contributed by atoms with Gasteiger partial charge in [-0.15, -0.1) is 0 Å². The summed E-state index contributed by atoms with van der Waals surface area (Å²) in [4.78, 5) is 0. The minimum absolute atomic E-state index is 0.841. The lowest BCUT2D eigenvalue weighted by atomic mass is 10.3. The standard InChI is InChI=1S/C5H13N/c1-2-3-4-5-6/h2-6H2,1H3/i/hT. The van der Waals surface area contributed by atoms with Crippen LogP contribution in [0.25, 0.3) is 0 Å². The van der Waals surface area contributed by atoms with Crippen molar-refractivity contribution in [1.82, 2.24) is 0 Å². The van der Waals surface area contributed by atoms with Crippen LogP contribution in [0.3, 0.4) is 0 Å². The molecule has 38 valence electrons. The van der Waals surface area contributed by atoms with E-state index >= 15 is 0 Å². The molecule has 0 radical (unpaired) electrons. The Morgan fingerprint density at radius 1 is 1.67 bits per heavy atom. The fourth-order valence-corrected chi connectivity index (χ4v) is 0.375. The summed E-state index contributed by atoms with van der Waals surface area (Å²) in [5.74, 6) is 0. The summed E-state index contributed by atoms with van der Waals surface area (Å²) in [7, 11) is 0. The average Bonchev–Trinajstić information content (AvgIpc) is 1.69. The molecule has 0 aromatic rings. The van der Waals surface area contributed by atoms with Gasteiger partial charge in [0.05, 0.1) is 0 Å². The smallest absolute Gasteiger partial charge is 0.118 e. The van der Waals surface area contributed by atoms with Crippen molar-refractivity contribution < 1.29 is 1.41 Å². The Hall–Kier alpha value is -0.0400. The molecule has 0 aromatic carbocycles. The molecule has 0 aliphatic heterocycles. The molecule has 2 N–H and O–H groups in total. The van der Waals surface area contributed by atoms with Gasteiger partial charge in [0.2, 0.25) is 0 Å². The zero-order valence-corrected chi connectivity index (χ0v) is 4.33. The Morgan fingerprint density at radius 3 is 3.00 bits per heavy atom. The van der Waals surface area contributed by atoms with Crippen molar-refractivity contribution in [2.45, 2.75) is 26.2 Å². The van der Waals surface area contributed by atoms with Crippen molar-refractivity contribution in [2.24, 2.45) is 5.73 Å². The van der Waals surface area contributed by atoms with Gasteiger partial charge in [0.15, 0.2) is 0 Å². The van der Waals surface area contributed by atoms with Gasteiger partial charge in [-0.1, -0.05) is 19.8 Å². The third kappa shape index (κ3) is 3.96. The maximum Gasteiger partial charge on any atom is 0.118 e. The highest BCUT2D eigenvalue weighted by atomic mass is 14.5. The average molecular weight is 89.2 g/mol. The molecule has 0 bridgehead atoms. The molecule has 0 aliphatic carbocycles. The van der Waals surface area contributed by atoms with E-state index < -0.39 is 0 Å². The van der Waals surface area contributed by atoms with Crippen molar-refractivity contribution in [3.63, 3.8) is 0 Å². The van der Waals surface area contributed by atoms with Crippen LogP contribution in [-0.2, 0) is 0 Å². The maximum atomic E-state index is 6.53. The topological polar surface area (TPSA) is 26.0 Å². The van der Waals surface area contributed by atoms with Gasteiger partial charge in [-0.3, -0.25) is 0 Å². The van der Waals surface area contributed by atoms with E-state index in [1.807, 2.05) is 0 Å². The Balaban J connectivity index is 2.45. The summed E-state index contributed by atoms with van der Waals surface area (Å²) in [6.07, 6.45) is 3.62. The van der Waals surface area contributed by atoms with Gasteiger partial charge in [0, 0.05) is 0 Å². The van der Waals surface area contributed by atoms with Crippen molar-refractivity contribution in [3.05, 3.63) is 0 Å². The van der Waals surface area contributed by atoms with E-state index in [0.717, 1.165) is 13.0 Å². The van der Waals surface area contributed by atoms with Crippen LogP contribution in [0.1, 0.15) is 26.2 Å². The Kier molecular flexibility index (Phi) is 3.41. The van der Waals surface area contributed by atoms with E-state index in [0.29, 0.717) is 0 Å². The molecule has 0 fully saturated rings. The minimum atomic E-state index is 0.841. The zero-order valence-electron chi connectivity index (χ0n) is 5.33. The van der Waals surface area contributed by atoms with Gasteiger partial charge in [-0.25, -0.2) is 0 Å². The third-order valence-electron chi connectivity index (χ3n) is 0.780. The third-order valence-corrected chi connectivity index (χ3v) is 0.780. The minimum Gasteiger partial charge on any atom is -0.330 e. The lowest BCUT2D eigenvalue weighted by Gasteiger charge is -1.86. The molecule has 0 heterocycles. The molecular formula is C5H13N. The molecular weight excluding hydrogens is 74.1 g/mol. The van der Waals surface area contributed by atoms with E-state index in [9.17, 15) is 0 Å². The van der Waals surface area contributed by atoms with Crippen molar-refractivity contribution in [2.75, 3.05) is 6.54 Å². The number of hydrogen-bond donors (Lipinski definition) is 1. The Labute approximate surface area is 41.0 Å². The van der Waals surface area contributed by atoms with E-state index in [1.165, 1.54) is 12.8 Å². The van der Waals surface area contributed by atoms with Gasteiger partial charge in [-0.2, -0.15) is 0 Å². The van der Waals surface area contributed by atoms with E-state index in [2.05, 4.69) is 12.7 Å². The van der Waals surface area contributed by atoms with Crippen molar-refractivity contribution >= 4 is 0 Å². The molecule has 0 spiro atoms. The predicted molar refractivity (Wildman–Crippen MR) is 28.6 cm³/mol. The van der Waals surface area contributed by atoms with Crippen LogP contribution in [0.4, 0.5) is 0 Å². The Bertz CT molecular complexity index is 27.3. The largest absolute Gasteiger partial charge is 0.330 e. The molecule has 6 heavy (non-hydrogen) atoms. The maximum absolute atomic E-state index is 6.53. The van der Waals surface area contributed by atoms with Crippen molar-refractivity contribution in [1.29, 1.82) is 0 Å². The highest BCUT2D eigenvalue weighted by molar-refractivity contribution is 4.34. The van der Waals surface area contributed by atoms with Gasteiger partial charge in [-0.05, 0) is 13.0 Å². The van der Waals surface area contributed by atoms with Crippen LogP contribution in [0.5, 0.6) is 0 Å². The number of hydrogen-bond acceptors (Lipinski definition) is 1. The summed E-state index contributed by atoms with van der Waals surface area (Å²) in [5, 5.41) is 0. The fraction of sp³-hybridized carbons (Fsp3) is 1.00. The van der Waals surface area contributed by atoms with Crippen molar-refractivity contribution in [3.8, 4) is 0 Å². The second-order valence-electron chi connectivity index (χ2n) is 1.46. The first-order valence-electron chi connectivity index (χ1n) is 3.06. The summed E-state index contributed by atoms with van der Waals surface area (Å²) in [6, 6.07) is 0. The first-order valence-corrected chi connectivity index (χ1v) is 2.56. The first-order chi connectivity index (χ1) is 3.41. The van der Waals surface area contributed by atoms with Gasteiger partial charge >= 0.3 is 0 Å². The van der Waals surface area contributed by atoms with Gasteiger partial charge in [0.1, 0.15) is 1.41 Å². The van der Waals surface area contributed by atoms with Crippen LogP contribution in [0.15, 0.2) is 0 Å². The molecule has 1 heteroatoms. The van der Waals surface area contributed by atoms with E-state index in [-0.39, 0.29) is 0 Å². The molecule has 0 rings (SSSR count). The van der Waals surface area contributed by atoms with Gasteiger partial charge < -0.3 is 5.73 Å². The second-order valence-corrected chi connectivity index (χ2v) is 1.46. The van der Waals surface area contributed by atoms with E-state index in [1.54, 1.807) is 0 Å². The van der Waals surface area contributed by atoms with Gasteiger partial charge in [0.25, 0.3) is 0 Å². The lowest BCUT2D eigenvalue weighted by Crippen LogP contribution is -1.96. The first kappa shape index (κ1) is 4.13. The lowest BCUT2D eigenvalue weighted by molar-refractivity contribution is 0.727. The normalized spacial score (nSPS) is 11.2. The van der Waals surface area contributed by atoms with Crippen LogP contribution < -0.4 is 5.73 Å². The number of nitrogens with two attached hydrogens (primary N) is 1. The molecule has 1 nitrogen and oxygen atoms in total. The molecule has 0 aromatic heterocycles. The molecule has 0 saturated carbocycles. The van der Waals surface area contributed by atoms with Crippen LogP contribution in [-0.4, -0.2) is 6.54 Å². The van der Waals surface area contributed by atoms with Crippen LogP contribution in [0.2, 0.25) is 1.41 Å². The Morgan fingerprint density at radius 2 is 2.50 bits per heavy atom.